The molecule has 60 valence electrons. The van der Waals surface area contributed by atoms with E-state index < -0.39 is 0 Å². The molecular formula is C8H12N2O. The summed E-state index contributed by atoms with van der Waals surface area (Å²) >= 11 is 0. The molecule has 11 heavy (non-hydrogen) atoms. The van der Waals surface area contributed by atoms with Crippen molar-refractivity contribution in [1.29, 1.82) is 0 Å². The van der Waals surface area contributed by atoms with E-state index in [2.05, 4.69) is 6.58 Å². The third-order valence-electron chi connectivity index (χ3n) is 2.34. The number of carbonyl (C=O) groups is 1. The Morgan fingerprint density at radius 2 is 2.45 bits per heavy atom. The Morgan fingerprint density at radius 1 is 1.73 bits per heavy atom. The quantitative estimate of drug-likeness (QED) is 0.527. The van der Waals surface area contributed by atoms with Crippen molar-refractivity contribution < 1.29 is 6.21 Å². The second-order valence-electron chi connectivity index (χ2n) is 3.09. The lowest BCUT2D eigenvalue weighted by atomic mass is 10.1. The molecule has 1 amide bonds. The van der Waals surface area contributed by atoms with Crippen LogP contribution in [-0.4, -0.2) is 36.5 Å². The second-order valence-corrected chi connectivity index (χ2v) is 3.09. The fourth-order valence-electron chi connectivity index (χ4n) is 1.46. The summed E-state index contributed by atoms with van der Waals surface area (Å²) in [7, 11) is 0. The van der Waals surface area contributed by atoms with E-state index in [0.29, 0.717) is 13.1 Å². The largest absolute Gasteiger partial charge is 0.333 e. The van der Waals surface area contributed by atoms with Crippen LogP contribution in [0.4, 0.5) is 0 Å². The minimum Gasteiger partial charge on any atom is -0.333 e. The highest BCUT2D eigenvalue weighted by Crippen LogP contribution is 2.19. The Morgan fingerprint density at radius 3 is 2.91 bits per heavy atom. The number of nitrogens with zero attached hydrogens (tertiary/aromatic N) is 1. The van der Waals surface area contributed by atoms with Crippen LogP contribution in [-0.2, 0) is 4.79 Å². The number of hydrogen-bond acceptors (Lipinski definition) is 2. The zero-order valence-corrected chi connectivity index (χ0v) is 6.42. The molecule has 3 nitrogen and oxygen atoms in total. The lowest BCUT2D eigenvalue weighted by molar-refractivity contribution is -0.127. The average molecular weight is 153 g/mol. The third-order valence-corrected chi connectivity index (χ3v) is 2.34. The zero-order chi connectivity index (χ0) is 8.72. The second kappa shape index (κ2) is 2.34. The molecule has 0 unspecified atom stereocenters. The van der Waals surface area contributed by atoms with Gasteiger partial charge in [0.2, 0.25) is 5.91 Å². The van der Waals surface area contributed by atoms with Crippen molar-refractivity contribution in [2.24, 2.45) is 0 Å². The van der Waals surface area contributed by atoms with Gasteiger partial charge in [0.15, 0.2) is 0 Å². The average Bonchev–Trinajstić information content (AvgIpc) is 2.28. The Bertz CT molecular complexity index is 235. The highest BCUT2D eigenvalue weighted by molar-refractivity contribution is 5.95. The summed E-state index contributed by atoms with van der Waals surface area (Å²) in [5, 5.41) is 1.47. The van der Waals surface area contributed by atoms with Crippen LogP contribution in [0, 0.1) is 0 Å². The molecule has 0 aromatic carbocycles. The van der Waals surface area contributed by atoms with Crippen molar-refractivity contribution in [3.8, 4) is 0 Å². The van der Waals surface area contributed by atoms with Crippen molar-refractivity contribution in [3.05, 3.63) is 12.2 Å². The van der Waals surface area contributed by atoms with Crippen molar-refractivity contribution >= 4 is 5.91 Å². The molecule has 3 heteroatoms. The van der Waals surface area contributed by atoms with Gasteiger partial charge in [0.05, 0.1) is 6.04 Å². The molecule has 0 bridgehead atoms. The topological polar surface area (TPSA) is 32.3 Å². The Kier molecular flexibility index (Phi) is 1.23. The molecular weight excluding hydrogens is 140 g/mol. The third kappa shape index (κ3) is 0.959. The molecule has 0 aliphatic carbocycles. The van der Waals surface area contributed by atoms with Gasteiger partial charge in [-0.25, -0.2) is 0 Å². The van der Waals surface area contributed by atoms with E-state index >= 15 is 0 Å². The molecule has 2 aliphatic heterocycles. The van der Waals surface area contributed by atoms with E-state index in [0.717, 1.165) is 18.5 Å². The Hall–Kier alpha value is -0.830. The van der Waals surface area contributed by atoms with Crippen LogP contribution < -0.4 is 5.31 Å². The summed E-state index contributed by atoms with van der Waals surface area (Å²) in [5.74, 6) is 0.0908. The van der Waals surface area contributed by atoms with Crippen molar-refractivity contribution in [2.75, 3.05) is 19.6 Å². The van der Waals surface area contributed by atoms with Gasteiger partial charge in [-0.05, 0) is 6.42 Å². The van der Waals surface area contributed by atoms with Crippen LogP contribution in [0.2, 0.25) is 1.41 Å². The lowest BCUT2D eigenvalue weighted by Crippen LogP contribution is -2.57. The van der Waals surface area contributed by atoms with Crippen molar-refractivity contribution in [2.45, 2.75) is 12.5 Å². The monoisotopic (exact) mass is 153 g/mol. The van der Waals surface area contributed by atoms with E-state index in [1.807, 2.05) is 4.90 Å². The van der Waals surface area contributed by atoms with Gasteiger partial charge in [0.25, 0.3) is 0 Å². The first-order valence-corrected chi connectivity index (χ1v) is 3.91. The van der Waals surface area contributed by atoms with Gasteiger partial charge >= 0.3 is 0 Å². The highest BCUT2D eigenvalue weighted by atomic mass is 16.2. The molecule has 0 aromatic rings. The maximum atomic E-state index is 11.4. The van der Waals surface area contributed by atoms with Gasteiger partial charge in [-0.2, -0.15) is 0 Å². The molecule has 2 fully saturated rings. The molecule has 2 saturated heterocycles. The number of carbonyl (C=O) groups excluding carboxylic acids is 1. The normalized spacial score (nSPS) is 29.1. The minimum absolute atomic E-state index is 0.0908. The summed E-state index contributed by atoms with van der Waals surface area (Å²) in [5.41, 5.74) is 0.721. The molecule has 0 aromatic heterocycles. The van der Waals surface area contributed by atoms with E-state index in [4.69, 9.17) is 1.41 Å². The Balaban J connectivity index is 1.98. The first kappa shape index (κ1) is 5.77. The van der Waals surface area contributed by atoms with Crippen LogP contribution in [0.1, 0.15) is 6.42 Å². The van der Waals surface area contributed by atoms with Crippen LogP contribution in [0.5, 0.6) is 0 Å². The molecule has 2 heterocycles. The SMILES string of the molecule is [2H]N1CC(N2CCC(=C)C2=O)C1. The van der Waals surface area contributed by atoms with Crippen molar-refractivity contribution in [1.82, 2.24) is 10.2 Å². The summed E-state index contributed by atoms with van der Waals surface area (Å²) in [6, 6.07) is 0.272. The highest BCUT2D eigenvalue weighted by Gasteiger charge is 2.33. The molecule has 2 rings (SSSR count). The van der Waals surface area contributed by atoms with Crippen LogP contribution in [0.25, 0.3) is 0 Å². The zero-order valence-electron chi connectivity index (χ0n) is 7.42. The number of amides is 1. The first-order valence-electron chi connectivity index (χ1n) is 4.36. The van der Waals surface area contributed by atoms with E-state index in [1.54, 1.807) is 0 Å². The van der Waals surface area contributed by atoms with E-state index in [1.165, 1.54) is 5.31 Å². The number of rotatable bonds is 1. The standard InChI is InChI=1S/C8H12N2O/c1-6-2-3-10(8(6)11)7-4-9-5-7/h7,9H,1-5H2/i/hD. The van der Waals surface area contributed by atoms with E-state index in [-0.39, 0.29) is 11.9 Å². The molecule has 0 saturated carbocycles. The molecule has 0 atom stereocenters. The summed E-state index contributed by atoms with van der Waals surface area (Å²) in [4.78, 5) is 13.2. The first-order chi connectivity index (χ1) is 5.68. The summed E-state index contributed by atoms with van der Waals surface area (Å²) in [6.07, 6.45) is 0.799. The van der Waals surface area contributed by atoms with Gasteiger partial charge in [-0.1, -0.05) is 6.58 Å². The molecule has 1 N–H and O–H groups in total. The fraction of sp³-hybridized carbons (Fsp3) is 0.625. The summed E-state index contributed by atoms with van der Waals surface area (Å²) < 4.78 is 7.20. The van der Waals surface area contributed by atoms with Crippen LogP contribution >= 0.6 is 0 Å². The minimum atomic E-state index is 0.0908. The van der Waals surface area contributed by atoms with Gasteiger partial charge in [0, 0.05) is 25.2 Å². The predicted molar refractivity (Wildman–Crippen MR) is 42.1 cm³/mol. The van der Waals surface area contributed by atoms with Crippen molar-refractivity contribution in [3.63, 3.8) is 0 Å². The van der Waals surface area contributed by atoms with Crippen LogP contribution in [0.3, 0.4) is 0 Å². The molecule has 2 aliphatic rings. The van der Waals surface area contributed by atoms with Crippen LogP contribution in [0.15, 0.2) is 12.2 Å². The predicted octanol–water partition coefficient (Wildman–Crippen LogP) is -0.253. The molecule has 0 spiro atoms. The summed E-state index contributed by atoms with van der Waals surface area (Å²) in [6.45, 7) is 5.88. The number of hydrogen-bond donors (Lipinski definition) is 1. The molecule has 0 radical (unpaired) electrons. The fourth-order valence-corrected chi connectivity index (χ4v) is 1.46. The lowest BCUT2D eigenvalue weighted by Gasteiger charge is -2.35. The smallest absolute Gasteiger partial charge is 0.249 e. The maximum Gasteiger partial charge on any atom is 0.249 e. The number of nitrogens with one attached hydrogen (secondary N) is 1. The van der Waals surface area contributed by atoms with Gasteiger partial charge in [-0.3, -0.25) is 4.79 Å². The van der Waals surface area contributed by atoms with Gasteiger partial charge in [-0.15, -0.1) is 0 Å². The van der Waals surface area contributed by atoms with E-state index in [9.17, 15) is 4.79 Å². The van der Waals surface area contributed by atoms with Gasteiger partial charge in [0.1, 0.15) is 1.41 Å². The maximum absolute atomic E-state index is 11.4. The van der Waals surface area contributed by atoms with Gasteiger partial charge < -0.3 is 10.2 Å². The Labute approximate surface area is 67.5 Å². The number of likely N-dealkylation sites (tertiary alicyclic amines) is 1.